The number of thioether (sulfide) groups is 1. The number of nitrogens with zero attached hydrogens (tertiary/aromatic N) is 1. The normalized spacial score (nSPS) is 19.5. The molecule has 1 aliphatic rings. The second kappa shape index (κ2) is 5.67. The van der Waals surface area contributed by atoms with Crippen LogP contribution < -0.4 is 10.6 Å². The molecule has 90 valence electrons. The van der Waals surface area contributed by atoms with E-state index in [-0.39, 0.29) is 11.8 Å². The maximum Gasteiger partial charge on any atom is 0.243 e. The number of hydrogen-bond donors (Lipinski definition) is 2. The van der Waals surface area contributed by atoms with Crippen LogP contribution in [0.2, 0.25) is 0 Å². The van der Waals surface area contributed by atoms with Gasteiger partial charge in [-0.05, 0) is 12.1 Å². The monoisotopic (exact) mass is 251 g/mol. The minimum absolute atomic E-state index is 0.0840. The largest absolute Gasteiger partial charge is 0.349 e. The molecular formula is C11H13N3O2S. The standard InChI is InChI=1S/C11H13N3O2S/c15-10-7-17-6-9(14-10)11(16)13-5-8-3-1-2-4-12-8/h1-4,9H,5-7H2,(H,13,16)(H,14,15). The van der Waals surface area contributed by atoms with Crippen molar-refractivity contribution in [3.8, 4) is 0 Å². The van der Waals surface area contributed by atoms with Crippen molar-refractivity contribution >= 4 is 23.6 Å². The smallest absolute Gasteiger partial charge is 0.243 e. The molecule has 0 saturated carbocycles. The Kier molecular flexibility index (Phi) is 3.98. The van der Waals surface area contributed by atoms with Crippen molar-refractivity contribution in [2.45, 2.75) is 12.6 Å². The lowest BCUT2D eigenvalue weighted by molar-refractivity contribution is -0.127. The number of hydrogen-bond acceptors (Lipinski definition) is 4. The third-order valence-corrected chi connectivity index (χ3v) is 3.37. The molecule has 0 spiro atoms. The van der Waals surface area contributed by atoms with Gasteiger partial charge in [0.1, 0.15) is 6.04 Å². The van der Waals surface area contributed by atoms with Gasteiger partial charge in [0.05, 0.1) is 18.0 Å². The molecule has 0 bridgehead atoms. The molecule has 1 unspecified atom stereocenters. The molecule has 1 aliphatic heterocycles. The molecule has 0 aliphatic carbocycles. The van der Waals surface area contributed by atoms with Gasteiger partial charge in [-0.15, -0.1) is 11.8 Å². The van der Waals surface area contributed by atoms with Gasteiger partial charge in [-0.25, -0.2) is 0 Å². The van der Waals surface area contributed by atoms with Crippen LogP contribution in [0.4, 0.5) is 0 Å². The maximum atomic E-state index is 11.8. The summed E-state index contributed by atoms with van der Waals surface area (Å²) in [5.74, 6) is 0.819. The Morgan fingerprint density at radius 3 is 3.18 bits per heavy atom. The average molecular weight is 251 g/mol. The summed E-state index contributed by atoms with van der Waals surface area (Å²) in [5.41, 5.74) is 0.802. The highest BCUT2D eigenvalue weighted by Crippen LogP contribution is 2.08. The van der Waals surface area contributed by atoms with E-state index in [4.69, 9.17) is 0 Å². The lowest BCUT2D eigenvalue weighted by atomic mass is 10.3. The molecule has 2 amide bonds. The summed E-state index contributed by atoms with van der Waals surface area (Å²) in [7, 11) is 0. The third kappa shape index (κ3) is 3.45. The minimum atomic E-state index is -0.426. The van der Waals surface area contributed by atoms with E-state index < -0.39 is 6.04 Å². The molecule has 1 atom stereocenters. The molecule has 17 heavy (non-hydrogen) atoms. The molecule has 2 N–H and O–H groups in total. The molecule has 1 aromatic heterocycles. The number of nitrogens with one attached hydrogen (secondary N) is 2. The van der Waals surface area contributed by atoms with E-state index in [1.807, 2.05) is 18.2 Å². The van der Waals surface area contributed by atoms with Crippen LogP contribution in [-0.2, 0) is 16.1 Å². The summed E-state index contributed by atoms with van der Waals surface area (Å²) in [6.45, 7) is 0.386. The highest BCUT2D eigenvalue weighted by molar-refractivity contribution is 8.00. The zero-order valence-corrected chi connectivity index (χ0v) is 10.00. The minimum Gasteiger partial charge on any atom is -0.349 e. The van der Waals surface area contributed by atoms with E-state index in [1.54, 1.807) is 6.20 Å². The van der Waals surface area contributed by atoms with E-state index >= 15 is 0 Å². The first-order chi connectivity index (χ1) is 8.25. The van der Waals surface area contributed by atoms with Gasteiger partial charge < -0.3 is 10.6 Å². The Hall–Kier alpha value is -1.56. The van der Waals surface area contributed by atoms with Gasteiger partial charge in [0.2, 0.25) is 11.8 Å². The van der Waals surface area contributed by atoms with Crippen LogP contribution in [0.5, 0.6) is 0 Å². The van der Waals surface area contributed by atoms with Gasteiger partial charge in [0, 0.05) is 11.9 Å². The zero-order chi connectivity index (χ0) is 12.1. The number of carbonyl (C=O) groups is 2. The molecule has 6 heteroatoms. The van der Waals surface area contributed by atoms with Crippen LogP contribution in [-0.4, -0.2) is 34.3 Å². The van der Waals surface area contributed by atoms with Crippen LogP contribution >= 0.6 is 11.8 Å². The Balaban J connectivity index is 1.83. The Labute approximate surface area is 103 Å². The average Bonchev–Trinajstić information content (AvgIpc) is 2.37. The first-order valence-electron chi connectivity index (χ1n) is 5.30. The molecule has 5 nitrogen and oxygen atoms in total. The van der Waals surface area contributed by atoms with Gasteiger partial charge in [-0.3, -0.25) is 14.6 Å². The number of amides is 2. The van der Waals surface area contributed by atoms with Crippen LogP contribution in [0.15, 0.2) is 24.4 Å². The lowest BCUT2D eigenvalue weighted by Gasteiger charge is -2.21. The highest BCUT2D eigenvalue weighted by atomic mass is 32.2. The fraction of sp³-hybridized carbons (Fsp3) is 0.364. The predicted molar refractivity (Wildman–Crippen MR) is 65.3 cm³/mol. The van der Waals surface area contributed by atoms with Crippen molar-refractivity contribution in [2.75, 3.05) is 11.5 Å². The van der Waals surface area contributed by atoms with Gasteiger partial charge in [0.25, 0.3) is 0 Å². The maximum absolute atomic E-state index is 11.8. The van der Waals surface area contributed by atoms with Gasteiger partial charge in [-0.2, -0.15) is 0 Å². The highest BCUT2D eigenvalue weighted by Gasteiger charge is 2.24. The van der Waals surface area contributed by atoms with Crippen molar-refractivity contribution in [1.29, 1.82) is 0 Å². The van der Waals surface area contributed by atoms with Crippen molar-refractivity contribution in [1.82, 2.24) is 15.6 Å². The molecule has 2 heterocycles. The van der Waals surface area contributed by atoms with Crippen LogP contribution in [0.3, 0.4) is 0 Å². The van der Waals surface area contributed by atoms with Crippen molar-refractivity contribution in [2.24, 2.45) is 0 Å². The number of rotatable bonds is 3. The predicted octanol–water partition coefficient (Wildman–Crippen LogP) is -0.0706. The van der Waals surface area contributed by atoms with E-state index in [9.17, 15) is 9.59 Å². The Bertz CT molecular complexity index is 410. The van der Waals surface area contributed by atoms with Crippen molar-refractivity contribution < 1.29 is 9.59 Å². The quantitative estimate of drug-likeness (QED) is 0.789. The number of pyridine rings is 1. The van der Waals surface area contributed by atoms with Crippen LogP contribution in [0, 0.1) is 0 Å². The zero-order valence-electron chi connectivity index (χ0n) is 9.18. The fourth-order valence-electron chi connectivity index (χ4n) is 1.49. The van der Waals surface area contributed by atoms with Crippen LogP contribution in [0.1, 0.15) is 5.69 Å². The second-order valence-corrected chi connectivity index (χ2v) is 4.70. The topological polar surface area (TPSA) is 71.1 Å². The van der Waals surface area contributed by atoms with Crippen molar-refractivity contribution in [3.63, 3.8) is 0 Å². The Morgan fingerprint density at radius 1 is 1.59 bits per heavy atom. The molecule has 2 rings (SSSR count). The third-order valence-electron chi connectivity index (χ3n) is 2.34. The summed E-state index contributed by atoms with van der Waals surface area (Å²) in [5, 5.41) is 5.42. The van der Waals surface area contributed by atoms with Gasteiger partial charge >= 0.3 is 0 Å². The summed E-state index contributed by atoms with van der Waals surface area (Å²) >= 11 is 1.47. The molecule has 1 saturated heterocycles. The van der Waals surface area contributed by atoms with Crippen molar-refractivity contribution in [3.05, 3.63) is 30.1 Å². The molecule has 0 radical (unpaired) electrons. The number of carbonyl (C=O) groups excluding carboxylic acids is 2. The summed E-state index contributed by atoms with van der Waals surface area (Å²) < 4.78 is 0. The Morgan fingerprint density at radius 2 is 2.47 bits per heavy atom. The van der Waals surface area contributed by atoms with Gasteiger partial charge in [0.15, 0.2) is 0 Å². The molecule has 0 aromatic carbocycles. The SMILES string of the molecule is O=C1CSCC(C(=O)NCc2ccccn2)N1. The summed E-state index contributed by atoms with van der Waals surface area (Å²) in [6.07, 6.45) is 1.68. The van der Waals surface area contributed by atoms with E-state index in [0.717, 1.165) is 5.69 Å². The molecular weight excluding hydrogens is 238 g/mol. The summed E-state index contributed by atoms with van der Waals surface area (Å²) in [6, 6.07) is 5.11. The molecule has 1 aromatic rings. The second-order valence-electron chi connectivity index (χ2n) is 3.67. The van der Waals surface area contributed by atoms with E-state index in [2.05, 4.69) is 15.6 Å². The fourth-order valence-corrected chi connectivity index (χ4v) is 2.35. The van der Waals surface area contributed by atoms with Gasteiger partial charge in [-0.1, -0.05) is 6.07 Å². The van der Waals surface area contributed by atoms with E-state index in [1.165, 1.54) is 11.8 Å². The first kappa shape index (κ1) is 11.9. The van der Waals surface area contributed by atoms with Crippen LogP contribution in [0.25, 0.3) is 0 Å². The number of aromatic nitrogens is 1. The first-order valence-corrected chi connectivity index (χ1v) is 6.46. The summed E-state index contributed by atoms with van der Waals surface area (Å²) in [4.78, 5) is 27.0. The van der Waals surface area contributed by atoms with E-state index in [0.29, 0.717) is 18.1 Å². The molecule has 1 fully saturated rings. The lowest BCUT2D eigenvalue weighted by Crippen LogP contribution is -2.51.